The molecule has 1 fully saturated rings. The van der Waals surface area contributed by atoms with Crippen LogP contribution in [0.25, 0.3) is 0 Å². The molecule has 1 saturated heterocycles. The quantitative estimate of drug-likeness (QED) is 0.880. The highest BCUT2D eigenvalue weighted by atomic mass is 16.5. The van der Waals surface area contributed by atoms with Gasteiger partial charge in [-0.1, -0.05) is 11.2 Å². The molecule has 8 nitrogen and oxygen atoms in total. The van der Waals surface area contributed by atoms with E-state index in [0.717, 1.165) is 6.42 Å². The molecule has 0 radical (unpaired) electrons. The molecule has 1 N–H and O–H groups in total. The molecule has 138 valence electrons. The van der Waals surface area contributed by atoms with Crippen LogP contribution in [0.15, 0.2) is 28.8 Å². The number of nitrogens with zero attached hydrogens (tertiary/aromatic N) is 2. The molecule has 1 aromatic carbocycles. The second-order valence-corrected chi connectivity index (χ2v) is 6.01. The fraction of sp³-hybridized carbons (Fsp3) is 0.389. The fourth-order valence-corrected chi connectivity index (χ4v) is 3.12. The molecule has 8 heteroatoms. The maximum absolute atomic E-state index is 13.1. The van der Waals surface area contributed by atoms with E-state index in [9.17, 15) is 9.59 Å². The molecule has 0 unspecified atom stereocenters. The number of benzene rings is 1. The molecule has 2 aromatic rings. The van der Waals surface area contributed by atoms with E-state index in [4.69, 9.17) is 14.0 Å². The van der Waals surface area contributed by atoms with Gasteiger partial charge in [-0.25, -0.2) is 0 Å². The average molecular weight is 359 g/mol. The first-order chi connectivity index (χ1) is 12.5. The zero-order valence-corrected chi connectivity index (χ0v) is 14.9. The third kappa shape index (κ3) is 3.35. The predicted molar refractivity (Wildman–Crippen MR) is 93.5 cm³/mol. The number of nitrogens with one attached hydrogen (secondary N) is 1. The van der Waals surface area contributed by atoms with Crippen LogP contribution in [-0.2, 0) is 4.79 Å². The van der Waals surface area contributed by atoms with Gasteiger partial charge in [0.25, 0.3) is 5.91 Å². The molecule has 0 aliphatic carbocycles. The molecule has 1 aliphatic heterocycles. The molecular formula is C18H21N3O5. The van der Waals surface area contributed by atoms with Crippen molar-refractivity contribution in [3.63, 3.8) is 0 Å². The van der Waals surface area contributed by atoms with E-state index in [-0.39, 0.29) is 11.8 Å². The van der Waals surface area contributed by atoms with E-state index < -0.39 is 6.04 Å². The summed E-state index contributed by atoms with van der Waals surface area (Å²) < 4.78 is 15.6. The van der Waals surface area contributed by atoms with Crippen molar-refractivity contribution in [2.75, 3.05) is 26.1 Å². The van der Waals surface area contributed by atoms with Crippen molar-refractivity contribution in [2.24, 2.45) is 0 Å². The van der Waals surface area contributed by atoms with Crippen LogP contribution in [0.5, 0.6) is 11.5 Å². The highest BCUT2D eigenvalue weighted by Crippen LogP contribution is 2.32. The van der Waals surface area contributed by atoms with Gasteiger partial charge in [0.2, 0.25) is 5.91 Å². The van der Waals surface area contributed by atoms with Crippen molar-refractivity contribution >= 4 is 17.6 Å². The normalized spacial score (nSPS) is 16.4. The second-order valence-electron chi connectivity index (χ2n) is 6.01. The maximum Gasteiger partial charge on any atom is 0.262 e. The third-order valence-corrected chi connectivity index (χ3v) is 4.34. The molecular weight excluding hydrogens is 338 g/mol. The molecule has 1 aromatic heterocycles. The average Bonchev–Trinajstić information content (AvgIpc) is 3.29. The number of ether oxygens (including phenoxy) is 2. The maximum atomic E-state index is 13.1. The lowest BCUT2D eigenvalue weighted by atomic mass is 10.1. The van der Waals surface area contributed by atoms with E-state index in [2.05, 4.69) is 10.5 Å². The van der Waals surface area contributed by atoms with Gasteiger partial charge in [-0.15, -0.1) is 0 Å². The van der Waals surface area contributed by atoms with Crippen molar-refractivity contribution in [2.45, 2.75) is 25.8 Å². The highest BCUT2D eigenvalue weighted by molar-refractivity contribution is 6.04. The lowest BCUT2D eigenvalue weighted by molar-refractivity contribution is -0.119. The number of likely N-dealkylation sites (tertiary alicyclic amines) is 1. The molecule has 2 amide bonds. The molecule has 26 heavy (non-hydrogen) atoms. The van der Waals surface area contributed by atoms with E-state index in [1.54, 1.807) is 36.1 Å². The summed E-state index contributed by atoms with van der Waals surface area (Å²) in [7, 11) is 2.99. The Bertz CT molecular complexity index is 795. The summed E-state index contributed by atoms with van der Waals surface area (Å²) >= 11 is 0. The van der Waals surface area contributed by atoms with Crippen molar-refractivity contribution in [1.29, 1.82) is 0 Å². The summed E-state index contributed by atoms with van der Waals surface area (Å²) in [6.07, 6.45) is 1.31. The number of aryl methyl sites for hydroxylation is 1. The Morgan fingerprint density at radius 1 is 1.27 bits per heavy atom. The molecule has 1 atom stereocenters. The number of aromatic nitrogens is 1. The van der Waals surface area contributed by atoms with E-state index in [0.29, 0.717) is 41.6 Å². The van der Waals surface area contributed by atoms with Crippen LogP contribution in [0, 0.1) is 6.92 Å². The first kappa shape index (κ1) is 17.8. The smallest absolute Gasteiger partial charge is 0.262 e. The van der Waals surface area contributed by atoms with Gasteiger partial charge in [0, 0.05) is 12.6 Å². The Morgan fingerprint density at radius 2 is 1.96 bits per heavy atom. The van der Waals surface area contributed by atoms with Crippen molar-refractivity contribution in [1.82, 2.24) is 10.1 Å². The number of methoxy groups -OCH3 is 2. The van der Waals surface area contributed by atoms with Crippen LogP contribution in [0.2, 0.25) is 0 Å². The zero-order valence-electron chi connectivity index (χ0n) is 14.9. The molecule has 0 bridgehead atoms. The fourth-order valence-electron chi connectivity index (χ4n) is 3.12. The minimum Gasteiger partial charge on any atom is -0.496 e. The summed E-state index contributed by atoms with van der Waals surface area (Å²) in [6, 6.07) is 6.17. The first-order valence-electron chi connectivity index (χ1n) is 8.31. The predicted octanol–water partition coefficient (Wildman–Crippen LogP) is 2.24. The molecule has 3 rings (SSSR count). The van der Waals surface area contributed by atoms with Crippen LogP contribution in [0.4, 0.5) is 5.82 Å². The molecule has 1 aliphatic rings. The number of carbonyl (C=O) groups excluding carboxylic acids is 2. The molecule has 0 saturated carbocycles. The largest absolute Gasteiger partial charge is 0.496 e. The lowest BCUT2D eigenvalue weighted by Gasteiger charge is -2.25. The zero-order chi connectivity index (χ0) is 18.7. The standard InChI is InChI=1S/C18H21N3O5/c1-11-10-15(20-26-11)19-17(22)12-6-5-9-21(12)18(23)16-13(24-2)7-4-8-14(16)25-3/h4,7-8,10,12H,5-6,9H2,1-3H3,(H,19,20,22)/t12-/m0/s1. The monoisotopic (exact) mass is 359 g/mol. The van der Waals surface area contributed by atoms with Crippen LogP contribution < -0.4 is 14.8 Å². The summed E-state index contributed by atoms with van der Waals surface area (Å²) in [5.41, 5.74) is 0.314. The van der Waals surface area contributed by atoms with Gasteiger partial charge >= 0.3 is 0 Å². The SMILES string of the molecule is COc1cccc(OC)c1C(=O)N1CCC[C@H]1C(=O)Nc1cc(C)on1. The van der Waals surface area contributed by atoms with Gasteiger partial charge < -0.3 is 24.2 Å². The van der Waals surface area contributed by atoms with Crippen LogP contribution >= 0.6 is 0 Å². The minimum atomic E-state index is -0.589. The van der Waals surface area contributed by atoms with Gasteiger partial charge in [0.1, 0.15) is 28.9 Å². The second kappa shape index (κ2) is 7.47. The topological polar surface area (TPSA) is 93.9 Å². The van der Waals surface area contributed by atoms with Gasteiger partial charge in [-0.3, -0.25) is 9.59 Å². The lowest BCUT2D eigenvalue weighted by Crippen LogP contribution is -2.43. The summed E-state index contributed by atoms with van der Waals surface area (Å²) in [5.74, 6) is 1.16. The van der Waals surface area contributed by atoms with Crippen LogP contribution in [0.1, 0.15) is 29.0 Å². The minimum absolute atomic E-state index is 0.294. The van der Waals surface area contributed by atoms with E-state index in [1.165, 1.54) is 14.2 Å². The summed E-state index contributed by atoms with van der Waals surface area (Å²) in [6.45, 7) is 2.22. The Hall–Kier alpha value is -3.03. The van der Waals surface area contributed by atoms with Gasteiger partial charge in [-0.2, -0.15) is 0 Å². The number of amides is 2. The number of anilines is 1. The van der Waals surface area contributed by atoms with E-state index in [1.807, 2.05) is 0 Å². The summed E-state index contributed by atoms with van der Waals surface area (Å²) in [5, 5.41) is 6.46. The highest BCUT2D eigenvalue weighted by Gasteiger charge is 2.37. The van der Waals surface area contributed by atoms with Gasteiger partial charge in [-0.05, 0) is 31.9 Å². The Kier molecular flexibility index (Phi) is 5.11. The Morgan fingerprint density at radius 3 is 2.54 bits per heavy atom. The van der Waals surface area contributed by atoms with Crippen molar-refractivity contribution < 1.29 is 23.6 Å². The molecule has 2 heterocycles. The van der Waals surface area contributed by atoms with Gasteiger partial charge in [0.05, 0.1) is 14.2 Å². The third-order valence-electron chi connectivity index (χ3n) is 4.34. The number of hydrogen-bond acceptors (Lipinski definition) is 6. The van der Waals surface area contributed by atoms with E-state index >= 15 is 0 Å². The molecule has 0 spiro atoms. The number of carbonyl (C=O) groups is 2. The Balaban J connectivity index is 1.84. The van der Waals surface area contributed by atoms with Crippen molar-refractivity contribution in [3.8, 4) is 11.5 Å². The first-order valence-corrected chi connectivity index (χ1v) is 8.31. The number of rotatable bonds is 5. The Labute approximate surface area is 151 Å². The number of hydrogen-bond donors (Lipinski definition) is 1. The van der Waals surface area contributed by atoms with Crippen molar-refractivity contribution in [3.05, 3.63) is 35.6 Å². The van der Waals surface area contributed by atoms with Gasteiger partial charge in [0.15, 0.2) is 5.82 Å². The van der Waals surface area contributed by atoms with Crippen LogP contribution in [-0.4, -0.2) is 48.7 Å². The summed E-state index contributed by atoms with van der Waals surface area (Å²) in [4.78, 5) is 27.3. The van der Waals surface area contributed by atoms with Crippen LogP contribution in [0.3, 0.4) is 0 Å².